The Kier molecular flexibility index (Phi) is 2.88. The van der Waals surface area contributed by atoms with Gasteiger partial charge in [0, 0.05) is 6.07 Å². The largest absolute Gasteiger partial charge is 0.508 e. The van der Waals surface area contributed by atoms with E-state index in [0.29, 0.717) is 11.1 Å². The maximum Gasteiger partial charge on any atom is 0.202 e. The Hall–Kier alpha value is -2.46. The normalized spacial score (nSPS) is 10.8. The minimum atomic E-state index is -0.290. The zero-order valence-electron chi connectivity index (χ0n) is 10.1. The van der Waals surface area contributed by atoms with E-state index in [4.69, 9.17) is 16.0 Å². The van der Waals surface area contributed by atoms with Crippen molar-refractivity contribution in [3.63, 3.8) is 0 Å². The molecule has 0 atom stereocenters. The summed E-state index contributed by atoms with van der Waals surface area (Å²) in [5, 5.41) is 19.1. The van der Waals surface area contributed by atoms with Crippen LogP contribution >= 0.6 is 11.6 Å². The van der Waals surface area contributed by atoms with Gasteiger partial charge >= 0.3 is 0 Å². The quantitative estimate of drug-likeness (QED) is 0.718. The number of benzene rings is 2. The molecule has 0 saturated carbocycles. The molecule has 1 aromatic heterocycles. The fourth-order valence-electron chi connectivity index (χ4n) is 2.03. The summed E-state index contributed by atoms with van der Waals surface area (Å²) in [4.78, 5) is 12.5. The average Bonchev–Trinajstić information content (AvgIpc) is 2.39. The van der Waals surface area contributed by atoms with Crippen LogP contribution in [0, 0.1) is 0 Å². The van der Waals surface area contributed by atoms with Gasteiger partial charge in [-0.25, -0.2) is 0 Å². The van der Waals surface area contributed by atoms with Crippen molar-refractivity contribution < 1.29 is 14.6 Å². The molecule has 0 fully saturated rings. The molecule has 0 radical (unpaired) electrons. The van der Waals surface area contributed by atoms with Crippen molar-refractivity contribution in [2.75, 3.05) is 0 Å². The Bertz CT molecular complexity index is 850. The van der Waals surface area contributed by atoms with Crippen molar-refractivity contribution in [1.29, 1.82) is 0 Å². The summed E-state index contributed by atoms with van der Waals surface area (Å²) < 4.78 is 5.36. The molecular formula is C15H9ClO4. The summed E-state index contributed by atoms with van der Waals surface area (Å²) in [6, 6.07) is 8.82. The van der Waals surface area contributed by atoms with Gasteiger partial charge in [-0.3, -0.25) is 4.79 Å². The number of rotatable bonds is 1. The van der Waals surface area contributed by atoms with Gasteiger partial charge in [0.05, 0.1) is 16.0 Å². The first-order chi connectivity index (χ1) is 9.56. The number of phenolic OH excluding ortho intramolecular Hbond substituents is 2. The molecule has 4 nitrogen and oxygen atoms in total. The molecule has 20 heavy (non-hydrogen) atoms. The summed E-state index contributed by atoms with van der Waals surface area (Å²) in [6.07, 6.45) is 1.31. The summed E-state index contributed by atoms with van der Waals surface area (Å²) in [5.74, 6) is 0.0462. The number of halogens is 1. The maximum absolute atomic E-state index is 12.5. The van der Waals surface area contributed by atoms with E-state index < -0.39 is 0 Å². The standard InChI is InChI=1S/C15H9ClO4/c16-12-5-10(18)6-13-14(12)15(19)11(7-20-13)8-1-3-9(17)4-2-8/h1-7,17-18H. The van der Waals surface area contributed by atoms with Gasteiger partial charge in [-0.1, -0.05) is 23.7 Å². The van der Waals surface area contributed by atoms with Gasteiger partial charge in [0.25, 0.3) is 0 Å². The van der Waals surface area contributed by atoms with Crippen LogP contribution in [0.4, 0.5) is 0 Å². The van der Waals surface area contributed by atoms with Crippen LogP contribution in [0.5, 0.6) is 11.5 Å². The van der Waals surface area contributed by atoms with Crippen LogP contribution in [0.15, 0.2) is 51.9 Å². The predicted octanol–water partition coefficient (Wildman–Crippen LogP) is 3.52. The molecule has 0 aliphatic carbocycles. The molecule has 0 aliphatic rings. The third kappa shape index (κ3) is 2.00. The van der Waals surface area contributed by atoms with Gasteiger partial charge in [0.1, 0.15) is 23.3 Å². The van der Waals surface area contributed by atoms with Crippen LogP contribution in [0.1, 0.15) is 0 Å². The Morgan fingerprint density at radius 1 is 1.00 bits per heavy atom. The van der Waals surface area contributed by atoms with Gasteiger partial charge in [-0.15, -0.1) is 0 Å². The summed E-state index contributed by atoms with van der Waals surface area (Å²) in [6.45, 7) is 0. The molecule has 1 heterocycles. The first kappa shape index (κ1) is 12.6. The van der Waals surface area contributed by atoms with Crippen LogP contribution in [0.25, 0.3) is 22.1 Å². The molecule has 5 heteroatoms. The van der Waals surface area contributed by atoms with Crippen molar-refractivity contribution in [2.45, 2.75) is 0 Å². The first-order valence-electron chi connectivity index (χ1n) is 5.79. The van der Waals surface area contributed by atoms with E-state index in [-0.39, 0.29) is 32.9 Å². The molecule has 100 valence electrons. The summed E-state index contributed by atoms with van der Waals surface area (Å²) >= 11 is 5.99. The van der Waals surface area contributed by atoms with Crippen LogP contribution in [0.2, 0.25) is 5.02 Å². The highest BCUT2D eigenvalue weighted by Gasteiger charge is 2.13. The van der Waals surface area contributed by atoms with Gasteiger partial charge in [0.15, 0.2) is 0 Å². The Morgan fingerprint density at radius 3 is 2.40 bits per heavy atom. The lowest BCUT2D eigenvalue weighted by Gasteiger charge is -2.05. The van der Waals surface area contributed by atoms with Crippen molar-refractivity contribution in [3.05, 3.63) is 57.9 Å². The Morgan fingerprint density at radius 2 is 1.70 bits per heavy atom. The molecule has 0 saturated heterocycles. The molecule has 2 aromatic carbocycles. The van der Waals surface area contributed by atoms with Crippen LogP contribution < -0.4 is 5.43 Å². The van der Waals surface area contributed by atoms with E-state index in [1.807, 2.05) is 0 Å². The second kappa shape index (κ2) is 4.58. The SMILES string of the molecule is O=c1c(-c2ccc(O)cc2)coc2cc(O)cc(Cl)c12. The van der Waals surface area contributed by atoms with E-state index in [1.165, 1.54) is 30.5 Å². The van der Waals surface area contributed by atoms with E-state index in [2.05, 4.69) is 0 Å². The second-order valence-electron chi connectivity index (χ2n) is 4.33. The Labute approximate surface area is 118 Å². The average molecular weight is 289 g/mol. The zero-order valence-corrected chi connectivity index (χ0v) is 10.9. The van der Waals surface area contributed by atoms with Crippen LogP contribution in [-0.4, -0.2) is 10.2 Å². The van der Waals surface area contributed by atoms with Crippen molar-refractivity contribution in [1.82, 2.24) is 0 Å². The minimum Gasteiger partial charge on any atom is -0.508 e. The number of aromatic hydroxyl groups is 2. The molecule has 0 spiro atoms. The molecule has 2 N–H and O–H groups in total. The van der Waals surface area contributed by atoms with Crippen LogP contribution in [-0.2, 0) is 0 Å². The highest BCUT2D eigenvalue weighted by atomic mass is 35.5. The van der Waals surface area contributed by atoms with Gasteiger partial charge in [0.2, 0.25) is 5.43 Å². The summed E-state index contributed by atoms with van der Waals surface area (Å²) in [5.41, 5.74) is 0.886. The fourth-order valence-corrected chi connectivity index (χ4v) is 2.32. The second-order valence-corrected chi connectivity index (χ2v) is 4.73. The zero-order chi connectivity index (χ0) is 14.3. The number of phenols is 2. The summed E-state index contributed by atoms with van der Waals surface area (Å²) in [7, 11) is 0. The highest BCUT2D eigenvalue weighted by Crippen LogP contribution is 2.29. The predicted molar refractivity (Wildman–Crippen MR) is 76.3 cm³/mol. The molecule has 0 amide bonds. The van der Waals surface area contributed by atoms with Crippen LogP contribution in [0.3, 0.4) is 0 Å². The molecule has 0 aliphatic heterocycles. The van der Waals surface area contributed by atoms with Gasteiger partial charge in [-0.05, 0) is 23.8 Å². The number of hydrogen-bond acceptors (Lipinski definition) is 4. The lowest BCUT2D eigenvalue weighted by atomic mass is 10.1. The van der Waals surface area contributed by atoms with E-state index >= 15 is 0 Å². The number of hydrogen-bond donors (Lipinski definition) is 2. The molecule has 3 aromatic rings. The van der Waals surface area contributed by atoms with Crippen molar-refractivity contribution in [3.8, 4) is 22.6 Å². The lowest BCUT2D eigenvalue weighted by molar-refractivity contribution is 0.473. The lowest BCUT2D eigenvalue weighted by Crippen LogP contribution is -2.05. The minimum absolute atomic E-state index is 0.0666. The highest BCUT2D eigenvalue weighted by molar-refractivity contribution is 6.35. The van der Waals surface area contributed by atoms with E-state index in [9.17, 15) is 15.0 Å². The first-order valence-corrected chi connectivity index (χ1v) is 6.17. The fraction of sp³-hybridized carbons (Fsp3) is 0. The maximum atomic E-state index is 12.5. The van der Waals surface area contributed by atoms with Gasteiger partial charge in [-0.2, -0.15) is 0 Å². The van der Waals surface area contributed by atoms with E-state index in [0.717, 1.165) is 0 Å². The van der Waals surface area contributed by atoms with E-state index in [1.54, 1.807) is 12.1 Å². The number of fused-ring (bicyclic) bond motifs is 1. The van der Waals surface area contributed by atoms with Crippen molar-refractivity contribution in [2.24, 2.45) is 0 Å². The monoisotopic (exact) mass is 288 g/mol. The smallest absolute Gasteiger partial charge is 0.202 e. The topological polar surface area (TPSA) is 70.7 Å². The Balaban J connectivity index is 2.31. The third-order valence-electron chi connectivity index (χ3n) is 2.99. The molecule has 0 bridgehead atoms. The molecule has 0 unspecified atom stereocenters. The molecular weight excluding hydrogens is 280 g/mol. The van der Waals surface area contributed by atoms with Crippen molar-refractivity contribution >= 4 is 22.6 Å². The third-order valence-corrected chi connectivity index (χ3v) is 3.29. The molecule has 3 rings (SSSR count). The van der Waals surface area contributed by atoms with Gasteiger partial charge < -0.3 is 14.6 Å².